The van der Waals surface area contributed by atoms with Gasteiger partial charge in [-0.1, -0.05) is 353 Å². The summed E-state index contributed by atoms with van der Waals surface area (Å²) in [6.07, 6.45) is 83.1. The lowest BCUT2D eigenvalue weighted by atomic mass is 10.00. The highest BCUT2D eigenvalue weighted by atomic mass is 16.3. The van der Waals surface area contributed by atoms with Crippen LogP contribution in [0.15, 0.2) is 24.3 Å². The van der Waals surface area contributed by atoms with E-state index in [0.717, 1.165) is 38.5 Å². The van der Waals surface area contributed by atoms with Gasteiger partial charge >= 0.3 is 0 Å². The van der Waals surface area contributed by atoms with Gasteiger partial charge in [0.05, 0.1) is 18.8 Å². The van der Waals surface area contributed by atoms with E-state index in [9.17, 15) is 25.2 Å². The van der Waals surface area contributed by atoms with Gasteiger partial charge in [0.2, 0.25) is 5.91 Å². The van der Waals surface area contributed by atoms with Gasteiger partial charge in [-0.15, -0.1) is 0 Å². The molecule has 0 rings (SSSR count). The van der Waals surface area contributed by atoms with Gasteiger partial charge in [0, 0.05) is 0 Å². The first-order valence-electron chi connectivity index (χ1n) is 35.2. The molecule has 0 aliphatic carbocycles. The van der Waals surface area contributed by atoms with Crippen molar-refractivity contribution in [2.24, 2.45) is 0 Å². The molecule has 0 aliphatic heterocycles. The van der Waals surface area contributed by atoms with Crippen molar-refractivity contribution in [3.63, 3.8) is 0 Å². The second-order valence-electron chi connectivity index (χ2n) is 24.6. The lowest BCUT2D eigenvalue weighted by Gasteiger charge is -2.27. The molecule has 0 radical (unpaired) electrons. The van der Waals surface area contributed by atoms with Crippen molar-refractivity contribution in [2.45, 2.75) is 417 Å². The van der Waals surface area contributed by atoms with Crippen molar-refractivity contribution in [1.82, 2.24) is 5.32 Å². The number of allylic oxidation sites excluding steroid dienone is 4. The van der Waals surface area contributed by atoms with E-state index in [1.165, 1.54) is 327 Å². The minimum Gasteiger partial charge on any atom is -0.394 e. The first kappa shape index (κ1) is 75.8. The molecule has 0 bridgehead atoms. The standard InChI is InChI=1S/C71H139NO5/c1-3-5-7-9-11-13-15-17-19-21-23-25-27-29-30-31-32-33-34-35-36-37-38-39-41-43-45-47-49-51-53-55-57-59-61-63-65-69(75)71(77)72-67(66-73)70(76)68(74)64-62-60-58-56-54-52-50-48-46-44-42-40-28-26-24-22-20-18-16-14-12-10-8-6-4-2/h33-34,56,58,67-70,73-76H,3-32,35-55,57,59-66H2,1-2H3,(H,72,77)/b34-33-,58-56+. The first-order chi connectivity index (χ1) is 38.0. The Bertz CT molecular complexity index is 1170. The quantitative estimate of drug-likeness (QED) is 0.0308. The van der Waals surface area contributed by atoms with Gasteiger partial charge in [-0.05, 0) is 64.2 Å². The Morgan fingerprint density at radius 3 is 0.779 bits per heavy atom. The summed E-state index contributed by atoms with van der Waals surface area (Å²) in [6, 6.07) is -1.00. The highest BCUT2D eigenvalue weighted by Gasteiger charge is 2.28. The Morgan fingerprint density at radius 2 is 0.532 bits per heavy atom. The summed E-state index contributed by atoms with van der Waals surface area (Å²) >= 11 is 0. The van der Waals surface area contributed by atoms with Crippen LogP contribution in [0.5, 0.6) is 0 Å². The maximum absolute atomic E-state index is 12.7. The molecule has 0 aromatic rings. The molecule has 1 amide bonds. The third-order valence-electron chi connectivity index (χ3n) is 16.9. The molecule has 77 heavy (non-hydrogen) atoms. The Balaban J connectivity index is 3.54. The molecule has 0 aromatic heterocycles. The van der Waals surface area contributed by atoms with Crippen LogP contribution in [0, 0.1) is 0 Å². The van der Waals surface area contributed by atoms with Crippen LogP contribution in [0.2, 0.25) is 0 Å². The van der Waals surface area contributed by atoms with Crippen LogP contribution in [-0.2, 0) is 4.79 Å². The van der Waals surface area contributed by atoms with E-state index in [4.69, 9.17) is 0 Å². The molecule has 0 spiro atoms. The fraction of sp³-hybridized carbons (Fsp3) is 0.930. The molecular formula is C71H139NO5. The molecule has 458 valence electrons. The third kappa shape index (κ3) is 59.2. The van der Waals surface area contributed by atoms with E-state index in [1.54, 1.807) is 0 Å². The number of carbonyl (C=O) groups excluding carboxylic acids is 1. The zero-order valence-electron chi connectivity index (χ0n) is 52.2. The second kappa shape index (κ2) is 65.6. The average molecular weight is 1090 g/mol. The predicted molar refractivity (Wildman–Crippen MR) is 339 cm³/mol. The fourth-order valence-corrected chi connectivity index (χ4v) is 11.4. The Labute approximate surface area is 482 Å². The fourth-order valence-electron chi connectivity index (χ4n) is 11.4. The molecule has 4 unspecified atom stereocenters. The predicted octanol–water partition coefficient (Wildman–Crippen LogP) is 21.7. The number of nitrogens with one attached hydrogen (secondary N) is 1. The third-order valence-corrected chi connectivity index (χ3v) is 16.9. The summed E-state index contributed by atoms with van der Waals surface area (Å²) in [6.45, 7) is 4.10. The number of aliphatic hydroxyl groups excluding tert-OH is 4. The molecule has 4 atom stereocenters. The highest BCUT2D eigenvalue weighted by molar-refractivity contribution is 5.80. The van der Waals surface area contributed by atoms with Crippen molar-refractivity contribution >= 4 is 5.91 Å². The minimum atomic E-state index is -1.28. The van der Waals surface area contributed by atoms with Gasteiger partial charge in [0.15, 0.2) is 0 Å². The lowest BCUT2D eigenvalue weighted by Crippen LogP contribution is -2.53. The minimum absolute atomic E-state index is 0.367. The summed E-state index contributed by atoms with van der Waals surface area (Å²) in [5.74, 6) is -0.586. The molecule has 0 saturated carbocycles. The molecule has 0 aromatic carbocycles. The average Bonchev–Trinajstić information content (AvgIpc) is 3.43. The van der Waals surface area contributed by atoms with Gasteiger partial charge in [-0.3, -0.25) is 4.79 Å². The van der Waals surface area contributed by atoms with Gasteiger partial charge in [-0.2, -0.15) is 0 Å². The van der Waals surface area contributed by atoms with Crippen LogP contribution in [0.4, 0.5) is 0 Å². The van der Waals surface area contributed by atoms with Crippen LogP contribution in [0.1, 0.15) is 393 Å². The number of unbranched alkanes of at least 4 members (excludes halogenated alkanes) is 53. The Kier molecular flexibility index (Phi) is 64.6. The topological polar surface area (TPSA) is 110 Å². The van der Waals surface area contributed by atoms with Gasteiger partial charge in [0.25, 0.3) is 0 Å². The van der Waals surface area contributed by atoms with E-state index < -0.39 is 36.9 Å². The molecule has 0 aliphatic rings. The molecule has 0 saturated heterocycles. The number of hydrogen-bond donors (Lipinski definition) is 5. The van der Waals surface area contributed by atoms with Crippen molar-refractivity contribution in [3.05, 3.63) is 24.3 Å². The summed E-state index contributed by atoms with van der Waals surface area (Å²) in [4.78, 5) is 12.7. The van der Waals surface area contributed by atoms with E-state index in [2.05, 4.69) is 43.5 Å². The molecule has 6 heteroatoms. The SMILES string of the molecule is CCCCCCCCCCCCCCCCCC/C=C\CCCCCCCCCCCCCCCCCCC(O)C(=O)NC(CO)C(O)C(O)CCC/C=C/CCCCCCCCCCCCCCCCCCCCCC. The normalized spacial score (nSPS) is 13.6. The van der Waals surface area contributed by atoms with Crippen molar-refractivity contribution < 1.29 is 25.2 Å². The number of amides is 1. The summed E-state index contributed by atoms with van der Waals surface area (Å²) in [5, 5.41) is 44.2. The zero-order valence-corrected chi connectivity index (χ0v) is 52.2. The van der Waals surface area contributed by atoms with Crippen molar-refractivity contribution in [2.75, 3.05) is 6.61 Å². The van der Waals surface area contributed by atoms with E-state index in [-0.39, 0.29) is 0 Å². The zero-order chi connectivity index (χ0) is 55.8. The van der Waals surface area contributed by atoms with Gasteiger partial charge < -0.3 is 25.7 Å². The summed E-state index contributed by atoms with van der Waals surface area (Å²) in [5.41, 5.74) is 0. The smallest absolute Gasteiger partial charge is 0.249 e. The van der Waals surface area contributed by atoms with E-state index in [1.807, 2.05) is 0 Å². The monoisotopic (exact) mass is 1090 g/mol. The van der Waals surface area contributed by atoms with Crippen LogP contribution in [0.25, 0.3) is 0 Å². The number of carbonyl (C=O) groups is 1. The maximum Gasteiger partial charge on any atom is 0.249 e. The maximum atomic E-state index is 12.7. The highest BCUT2D eigenvalue weighted by Crippen LogP contribution is 2.19. The van der Waals surface area contributed by atoms with E-state index >= 15 is 0 Å². The summed E-state index contributed by atoms with van der Waals surface area (Å²) in [7, 11) is 0. The number of aliphatic hydroxyl groups is 4. The van der Waals surface area contributed by atoms with Crippen molar-refractivity contribution in [3.8, 4) is 0 Å². The Morgan fingerprint density at radius 1 is 0.312 bits per heavy atom. The van der Waals surface area contributed by atoms with Crippen LogP contribution >= 0.6 is 0 Å². The second-order valence-corrected chi connectivity index (χ2v) is 24.6. The van der Waals surface area contributed by atoms with Crippen LogP contribution < -0.4 is 5.32 Å². The lowest BCUT2D eigenvalue weighted by molar-refractivity contribution is -0.132. The van der Waals surface area contributed by atoms with Crippen molar-refractivity contribution in [1.29, 1.82) is 0 Å². The molecular weight excluding hydrogens is 947 g/mol. The Hall–Kier alpha value is -1.21. The van der Waals surface area contributed by atoms with Crippen LogP contribution in [-0.4, -0.2) is 57.3 Å². The molecule has 5 N–H and O–H groups in total. The van der Waals surface area contributed by atoms with E-state index in [0.29, 0.717) is 12.8 Å². The van der Waals surface area contributed by atoms with Gasteiger partial charge in [0.1, 0.15) is 12.2 Å². The number of hydrogen-bond acceptors (Lipinski definition) is 5. The molecule has 0 fully saturated rings. The number of rotatable bonds is 66. The molecule has 6 nitrogen and oxygen atoms in total. The molecule has 0 heterocycles. The van der Waals surface area contributed by atoms with Crippen LogP contribution in [0.3, 0.4) is 0 Å². The first-order valence-corrected chi connectivity index (χ1v) is 35.2. The summed E-state index contributed by atoms with van der Waals surface area (Å²) < 4.78 is 0. The largest absolute Gasteiger partial charge is 0.394 e. The van der Waals surface area contributed by atoms with Gasteiger partial charge in [-0.25, -0.2) is 0 Å².